The molecule has 0 nitrogen and oxygen atoms in total. The fraction of sp³-hybridized carbons (Fsp3) is 0.600. The van der Waals surface area contributed by atoms with Crippen LogP contribution in [0.3, 0.4) is 0 Å². The molecule has 0 unspecified atom stereocenters. The van der Waals surface area contributed by atoms with Crippen molar-refractivity contribution in [3.05, 3.63) is 21.6 Å². The summed E-state index contributed by atoms with van der Waals surface area (Å²) in [6.07, 6.45) is 8.83. The van der Waals surface area contributed by atoms with Crippen molar-refractivity contribution in [2.45, 2.75) is 37.8 Å². The van der Waals surface area contributed by atoms with Crippen LogP contribution in [0.4, 0.5) is 0 Å². The van der Waals surface area contributed by atoms with Crippen molar-refractivity contribution in [1.82, 2.24) is 0 Å². The quantitative estimate of drug-likeness (QED) is 0.358. The number of rotatable bonds is 4. The second-order valence-electron chi connectivity index (χ2n) is 3.10. The molecule has 0 amide bonds. The first-order chi connectivity index (χ1) is 5.33. The first-order valence-corrected chi connectivity index (χ1v) is 6.32. The Bertz CT molecular complexity index is 188. The van der Waals surface area contributed by atoms with Gasteiger partial charge in [-0.1, -0.05) is 0 Å². The van der Waals surface area contributed by atoms with Gasteiger partial charge in [0.2, 0.25) is 0 Å². The van der Waals surface area contributed by atoms with E-state index in [0.717, 1.165) is 0 Å². The molecular weight excluding hydrogens is 274 g/mol. The molecule has 1 aliphatic rings. The van der Waals surface area contributed by atoms with E-state index < -0.39 is 0 Å². The molecule has 0 fully saturated rings. The predicted molar refractivity (Wildman–Crippen MR) is 46.2 cm³/mol. The molecule has 0 spiro atoms. The third-order valence-corrected chi connectivity index (χ3v) is 4.12. The normalized spacial score (nSPS) is 12.4. The molecule has 4 heteroatoms. The number of hydrogen-bond acceptors (Lipinski definition) is 0. The third kappa shape index (κ3) is 8.38. The second kappa shape index (κ2) is 12.1. The van der Waals surface area contributed by atoms with Gasteiger partial charge in [0.15, 0.2) is 0 Å². The summed E-state index contributed by atoms with van der Waals surface area (Å²) in [4.78, 5) is 0. The first kappa shape index (κ1) is 20.5. The van der Waals surface area contributed by atoms with Gasteiger partial charge < -0.3 is 37.2 Å². The van der Waals surface area contributed by atoms with E-state index in [0.29, 0.717) is 0 Å². The summed E-state index contributed by atoms with van der Waals surface area (Å²) in [6, 6.07) is 0. The molecule has 0 heterocycles. The Morgan fingerprint density at radius 1 is 1.29 bits per heavy atom. The summed E-state index contributed by atoms with van der Waals surface area (Å²) in [5.74, 6) is 0. The SMILES string of the molecule is CCC[CH2][Ti+3][C]1=CC(C)=CC1.[Cl-].[Cl-].[Cl-]. The summed E-state index contributed by atoms with van der Waals surface area (Å²) in [5, 5.41) is 0. The molecule has 0 atom stereocenters. The van der Waals surface area contributed by atoms with E-state index in [1.54, 1.807) is 3.88 Å². The summed E-state index contributed by atoms with van der Waals surface area (Å²) >= 11 is 0.271. The van der Waals surface area contributed by atoms with Gasteiger partial charge in [0.25, 0.3) is 0 Å². The van der Waals surface area contributed by atoms with E-state index in [-0.39, 0.29) is 56.4 Å². The van der Waals surface area contributed by atoms with Crippen LogP contribution in [0.15, 0.2) is 21.6 Å². The third-order valence-electron chi connectivity index (χ3n) is 1.93. The van der Waals surface area contributed by atoms with E-state index in [9.17, 15) is 0 Å². The van der Waals surface area contributed by atoms with E-state index >= 15 is 0 Å². The van der Waals surface area contributed by atoms with Crippen LogP contribution in [0.5, 0.6) is 0 Å². The zero-order valence-electron chi connectivity index (χ0n) is 8.62. The predicted octanol–water partition coefficient (Wildman–Crippen LogP) is -5.47. The Labute approximate surface area is 115 Å². The van der Waals surface area contributed by atoms with Crippen molar-refractivity contribution in [3.63, 3.8) is 0 Å². The minimum absolute atomic E-state index is 0. The fourth-order valence-corrected chi connectivity index (χ4v) is 3.44. The summed E-state index contributed by atoms with van der Waals surface area (Å²) in [5.41, 5.74) is 1.49. The Morgan fingerprint density at radius 3 is 2.36 bits per heavy atom. The molecule has 0 bridgehead atoms. The molecule has 0 aromatic heterocycles. The fourth-order valence-electron chi connectivity index (χ4n) is 1.21. The molecular formula is C10H16Cl3Ti. The maximum absolute atomic E-state index is 2.40. The Morgan fingerprint density at radius 2 is 1.93 bits per heavy atom. The maximum atomic E-state index is 2.40. The smallest absolute Gasteiger partial charge is 1.00 e. The van der Waals surface area contributed by atoms with Crippen molar-refractivity contribution in [2.24, 2.45) is 0 Å². The topological polar surface area (TPSA) is 0 Å². The van der Waals surface area contributed by atoms with Crippen molar-refractivity contribution < 1.29 is 56.4 Å². The second-order valence-corrected chi connectivity index (χ2v) is 5.44. The molecule has 0 N–H and O–H groups in total. The van der Waals surface area contributed by atoms with Crippen LogP contribution in [-0.4, -0.2) is 0 Å². The van der Waals surface area contributed by atoms with E-state index in [2.05, 4.69) is 26.0 Å². The maximum Gasteiger partial charge on any atom is -1.00 e. The molecule has 0 saturated heterocycles. The van der Waals surface area contributed by atoms with Crippen LogP contribution in [0, 0.1) is 0 Å². The van der Waals surface area contributed by atoms with Crippen LogP contribution in [0.2, 0.25) is 4.73 Å². The monoisotopic (exact) mass is 289 g/mol. The van der Waals surface area contributed by atoms with Gasteiger partial charge in [0.05, 0.1) is 0 Å². The molecule has 81 valence electrons. The van der Waals surface area contributed by atoms with Crippen molar-refractivity contribution >= 4 is 0 Å². The number of halogens is 3. The van der Waals surface area contributed by atoms with Crippen LogP contribution in [-0.2, 0) is 19.2 Å². The number of unbranched alkanes of at least 4 members (excludes halogenated alkanes) is 1. The van der Waals surface area contributed by atoms with Gasteiger partial charge in [0, 0.05) is 0 Å². The van der Waals surface area contributed by atoms with Gasteiger partial charge in [-0.05, 0) is 0 Å². The Balaban J connectivity index is -0.000000403. The molecule has 0 aliphatic heterocycles. The molecule has 0 saturated carbocycles. The van der Waals surface area contributed by atoms with E-state index in [1.165, 1.54) is 29.6 Å². The van der Waals surface area contributed by atoms with E-state index in [4.69, 9.17) is 0 Å². The first-order valence-electron chi connectivity index (χ1n) is 4.44. The van der Waals surface area contributed by atoms with Gasteiger partial charge in [-0.15, -0.1) is 0 Å². The largest absolute Gasteiger partial charge is 1.00 e. The van der Waals surface area contributed by atoms with Gasteiger partial charge in [-0.2, -0.15) is 0 Å². The van der Waals surface area contributed by atoms with Gasteiger partial charge in [-0.25, -0.2) is 0 Å². The van der Waals surface area contributed by atoms with Crippen LogP contribution in [0.25, 0.3) is 0 Å². The minimum atomic E-state index is 0. The van der Waals surface area contributed by atoms with Crippen LogP contribution in [0.1, 0.15) is 33.1 Å². The zero-order valence-corrected chi connectivity index (χ0v) is 12.4. The Kier molecular flexibility index (Phi) is 17.7. The number of hydrogen-bond donors (Lipinski definition) is 0. The molecule has 1 rings (SSSR count). The molecule has 0 aromatic carbocycles. The van der Waals surface area contributed by atoms with Crippen molar-refractivity contribution in [1.29, 1.82) is 0 Å². The standard InChI is InChI=1S/C6H7.C4H9.3ClH.Ti/c1-6-4-2-3-5-6;1-3-4-2;;;;/h4-5H,2H2,1H3;1,3-4H2,2H3;3*1H;/q;;;;;+3/p-3. The van der Waals surface area contributed by atoms with Crippen LogP contribution < -0.4 is 37.2 Å². The molecule has 0 aromatic rings. The van der Waals surface area contributed by atoms with Gasteiger partial charge in [0.1, 0.15) is 0 Å². The van der Waals surface area contributed by atoms with Gasteiger partial charge in [-0.3, -0.25) is 0 Å². The summed E-state index contributed by atoms with van der Waals surface area (Å²) in [6.45, 7) is 4.48. The minimum Gasteiger partial charge on any atom is -1.00 e. The van der Waals surface area contributed by atoms with E-state index in [1.807, 2.05) is 0 Å². The zero-order chi connectivity index (χ0) is 8.10. The average molecular weight is 290 g/mol. The van der Waals surface area contributed by atoms with Crippen molar-refractivity contribution in [3.8, 4) is 0 Å². The Hall–Kier alpha value is 1.06. The molecule has 0 radical (unpaired) electrons. The molecule has 1 aliphatic carbocycles. The summed E-state index contributed by atoms with van der Waals surface area (Å²) < 4.78 is 3.26. The van der Waals surface area contributed by atoms with Crippen LogP contribution >= 0.6 is 0 Å². The van der Waals surface area contributed by atoms with Crippen molar-refractivity contribution in [2.75, 3.05) is 0 Å². The number of allylic oxidation sites excluding steroid dienone is 4. The van der Waals surface area contributed by atoms with Gasteiger partial charge >= 0.3 is 78.6 Å². The summed E-state index contributed by atoms with van der Waals surface area (Å²) in [7, 11) is 0. The molecule has 14 heavy (non-hydrogen) atoms. The average Bonchev–Trinajstić information content (AvgIpc) is 2.37.